The Labute approximate surface area is 197 Å². The molecule has 0 aromatic rings. The van der Waals surface area contributed by atoms with Crippen LogP contribution in [0.1, 0.15) is 124 Å². The van der Waals surface area contributed by atoms with Crippen LogP contribution in [0.25, 0.3) is 0 Å². The van der Waals surface area contributed by atoms with Crippen LogP contribution in [0.15, 0.2) is 12.2 Å². The number of allylic oxidation sites excluding steroid dienone is 1. The average Bonchev–Trinajstić information content (AvgIpc) is 2.75. The number of hydrogen-bond donors (Lipinski definition) is 0. The minimum absolute atomic E-state index is 0.168. The predicted molar refractivity (Wildman–Crippen MR) is 133 cm³/mol. The maximum absolute atomic E-state index is 12.2. The molecule has 184 valence electrons. The summed E-state index contributed by atoms with van der Waals surface area (Å²) in [5, 5.41) is 0. The van der Waals surface area contributed by atoms with Crippen molar-refractivity contribution in [2.75, 3.05) is 6.61 Å². The van der Waals surface area contributed by atoms with Gasteiger partial charge in [-0.2, -0.15) is 0 Å². The molecule has 0 spiro atoms. The zero-order chi connectivity index (χ0) is 24.0. The molecule has 0 fully saturated rings. The van der Waals surface area contributed by atoms with Gasteiger partial charge in [-0.3, -0.25) is 9.59 Å². The Bertz CT molecular complexity index is 570. The molecular formula is C28H48O4. The summed E-state index contributed by atoms with van der Waals surface area (Å²) in [7, 11) is 0. The van der Waals surface area contributed by atoms with Gasteiger partial charge in [-0.1, -0.05) is 103 Å². The van der Waals surface area contributed by atoms with Gasteiger partial charge in [0.05, 0.1) is 6.61 Å². The van der Waals surface area contributed by atoms with E-state index in [-0.39, 0.29) is 30.7 Å². The first-order chi connectivity index (χ1) is 15.4. The molecule has 0 radical (unpaired) electrons. The molecule has 0 aromatic carbocycles. The molecule has 0 aliphatic heterocycles. The molecule has 0 bridgehead atoms. The summed E-state index contributed by atoms with van der Waals surface area (Å²) in [6, 6.07) is 0. The lowest BCUT2D eigenvalue weighted by molar-refractivity contribution is -0.149. The van der Waals surface area contributed by atoms with Crippen LogP contribution >= 0.6 is 0 Å². The normalized spacial score (nSPS) is 12.4. The molecule has 0 aliphatic rings. The number of hydrogen-bond acceptors (Lipinski definition) is 4. The van der Waals surface area contributed by atoms with E-state index in [1.165, 1.54) is 51.4 Å². The van der Waals surface area contributed by atoms with Crippen molar-refractivity contribution < 1.29 is 19.1 Å². The molecular weight excluding hydrogens is 400 g/mol. The van der Waals surface area contributed by atoms with Crippen LogP contribution in [-0.4, -0.2) is 24.6 Å². The van der Waals surface area contributed by atoms with Crippen molar-refractivity contribution in [3.05, 3.63) is 12.2 Å². The highest BCUT2D eigenvalue weighted by molar-refractivity contribution is 5.72. The van der Waals surface area contributed by atoms with E-state index >= 15 is 0 Å². The van der Waals surface area contributed by atoms with Gasteiger partial charge in [0.15, 0.2) is 6.10 Å². The van der Waals surface area contributed by atoms with E-state index in [0.717, 1.165) is 31.3 Å². The first-order valence-corrected chi connectivity index (χ1v) is 12.9. The quantitative estimate of drug-likeness (QED) is 0.116. The fourth-order valence-electron chi connectivity index (χ4n) is 3.51. The second kappa shape index (κ2) is 21.1. The molecule has 0 rings (SSSR count). The largest absolute Gasteiger partial charge is 0.466 e. The van der Waals surface area contributed by atoms with E-state index in [1.54, 1.807) is 0 Å². The first kappa shape index (κ1) is 30.2. The Kier molecular flexibility index (Phi) is 19.9. The van der Waals surface area contributed by atoms with Crippen LogP contribution in [0.4, 0.5) is 0 Å². The van der Waals surface area contributed by atoms with Gasteiger partial charge in [0.2, 0.25) is 0 Å². The smallest absolute Gasteiger partial charge is 0.307 e. The zero-order valence-electron chi connectivity index (χ0n) is 21.3. The predicted octanol–water partition coefficient (Wildman–Crippen LogP) is 7.55. The summed E-state index contributed by atoms with van der Waals surface area (Å²) in [4.78, 5) is 24.1. The lowest BCUT2D eigenvalue weighted by atomic mass is 9.99. The third-order valence-electron chi connectivity index (χ3n) is 5.47. The average molecular weight is 449 g/mol. The molecule has 2 unspecified atom stereocenters. The van der Waals surface area contributed by atoms with Crippen molar-refractivity contribution in [2.45, 2.75) is 130 Å². The third-order valence-corrected chi connectivity index (χ3v) is 5.47. The molecule has 2 atom stereocenters. The molecule has 0 amide bonds. The second-order valence-corrected chi connectivity index (χ2v) is 8.98. The highest BCUT2D eigenvalue weighted by atomic mass is 16.5. The second-order valence-electron chi connectivity index (χ2n) is 8.98. The molecule has 0 N–H and O–H groups in total. The Hall–Kier alpha value is -1.76. The topological polar surface area (TPSA) is 52.6 Å². The van der Waals surface area contributed by atoms with Gasteiger partial charge < -0.3 is 9.47 Å². The molecule has 0 aromatic heterocycles. The minimum atomic E-state index is -0.428. The third kappa shape index (κ3) is 19.0. The van der Waals surface area contributed by atoms with Crippen LogP contribution in [-0.2, 0) is 19.1 Å². The summed E-state index contributed by atoms with van der Waals surface area (Å²) in [6.45, 7) is 12.5. The Morgan fingerprint density at radius 1 is 0.812 bits per heavy atom. The highest BCUT2D eigenvalue weighted by Crippen LogP contribution is 2.15. The van der Waals surface area contributed by atoms with Gasteiger partial charge in [0.25, 0.3) is 0 Å². The van der Waals surface area contributed by atoms with Crippen molar-refractivity contribution in [3.8, 4) is 11.8 Å². The number of carbonyl (C=O) groups is 2. The first-order valence-electron chi connectivity index (χ1n) is 12.9. The lowest BCUT2D eigenvalue weighted by Gasteiger charge is -2.19. The van der Waals surface area contributed by atoms with Crippen molar-refractivity contribution in [3.63, 3.8) is 0 Å². The molecule has 0 saturated carbocycles. The van der Waals surface area contributed by atoms with E-state index in [4.69, 9.17) is 9.47 Å². The number of unbranched alkanes of at least 4 members (excludes halogenated alkanes) is 9. The number of esters is 2. The molecule has 4 nitrogen and oxygen atoms in total. The van der Waals surface area contributed by atoms with E-state index in [2.05, 4.69) is 32.3 Å². The maximum Gasteiger partial charge on any atom is 0.307 e. The lowest BCUT2D eigenvalue weighted by Crippen LogP contribution is -2.24. The monoisotopic (exact) mass is 448 g/mol. The van der Waals surface area contributed by atoms with Crippen LogP contribution in [0.5, 0.6) is 0 Å². The Balaban J connectivity index is 3.86. The Morgan fingerprint density at radius 2 is 1.38 bits per heavy atom. The van der Waals surface area contributed by atoms with E-state index < -0.39 is 6.10 Å². The van der Waals surface area contributed by atoms with Crippen LogP contribution in [0.3, 0.4) is 0 Å². The van der Waals surface area contributed by atoms with Crippen LogP contribution in [0, 0.1) is 17.8 Å². The van der Waals surface area contributed by atoms with E-state index in [1.807, 2.05) is 13.8 Å². The molecule has 0 saturated heterocycles. The van der Waals surface area contributed by atoms with Gasteiger partial charge in [0, 0.05) is 18.8 Å². The minimum Gasteiger partial charge on any atom is -0.466 e. The maximum atomic E-state index is 12.2. The molecule has 4 heteroatoms. The summed E-state index contributed by atoms with van der Waals surface area (Å²) >= 11 is 0. The number of ether oxygens (including phenoxy) is 2. The van der Waals surface area contributed by atoms with Gasteiger partial charge in [0.1, 0.15) is 0 Å². The summed E-state index contributed by atoms with van der Waals surface area (Å²) in [6.07, 6.45) is 15.0. The molecule has 32 heavy (non-hydrogen) atoms. The molecule has 0 heterocycles. The van der Waals surface area contributed by atoms with Gasteiger partial charge in [-0.15, -0.1) is 0 Å². The van der Waals surface area contributed by atoms with Crippen molar-refractivity contribution in [2.24, 2.45) is 5.92 Å². The summed E-state index contributed by atoms with van der Waals surface area (Å²) in [5.74, 6) is 5.57. The fraction of sp³-hybridized carbons (Fsp3) is 0.786. The van der Waals surface area contributed by atoms with E-state index in [0.29, 0.717) is 13.0 Å². The van der Waals surface area contributed by atoms with E-state index in [9.17, 15) is 9.59 Å². The molecule has 0 aliphatic carbocycles. The van der Waals surface area contributed by atoms with Crippen LogP contribution < -0.4 is 0 Å². The van der Waals surface area contributed by atoms with Gasteiger partial charge in [-0.25, -0.2) is 0 Å². The van der Waals surface area contributed by atoms with Crippen molar-refractivity contribution >= 4 is 11.9 Å². The summed E-state index contributed by atoms with van der Waals surface area (Å²) in [5.41, 5.74) is 0.750. The zero-order valence-corrected chi connectivity index (χ0v) is 21.3. The van der Waals surface area contributed by atoms with Crippen molar-refractivity contribution in [1.29, 1.82) is 0 Å². The van der Waals surface area contributed by atoms with Gasteiger partial charge in [-0.05, 0) is 31.8 Å². The highest BCUT2D eigenvalue weighted by Gasteiger charge is 2.19. The van der Waals surface area contributed by atoms with Crippen LogP contribution in [0.2, 0.25) is 0 Å². The Morgan fingerprint density at radius 3 is 1.94 bits per heavy atom. The van der Waals surface area contributed by atoms with Crippen molar-refractivity contribution in [1.82, 2.24) is 0 Å². The number of rotatable bonds is 19. The standard InChI is InChI=1S/C28H48O4/c1-6-8-9-10-11-12-13-14-15-16-23-31-27(29)19-17-20-28(30)32-26(22-21-24(3)4)25(5)18-7-2/h25-26H,3,6-20,23H2,1-2,4-5H3. The van der Waals surface area contributed by atoms with Gasteiger partial charge >= 0.3 is 11.9 Å². The SMILES string of the molecule is C=C(C)C#CC(OC(=O)CCCC(=O)OCCCCCCCCCCCC)C(C)CCC. The summed E-state index contributed by atoms with van der Waals surface area (Å²) < 4.78 is 10.9. The number of carbonyl (C=O) groups excluding carboxylic acids is 2. The fourth-order valence-corrected chi connectivity index (χ4v) is 3.51.